The van der Waals surface area contributed by atoms with Crippen molar-refractivity contribution in [2.75, 3.05) is 18.0 Å². The molecule has 6 heteroatoms. The molecule has 0 radical (unpaired) electrons. The smallest absolute Gasteiger partial charge is 0.222 e. The fourth-order valence-corrected chi connectivity index (χ4v) is 4.64. The number of aromatic nitrogens is 2. The van der Waals surface area contributed by atoms with Gasteiger partial charge in [0.25, 0.3) is 0 Å². The van der Waals surface area contributed by atoms with Gasteiger partial charge in [-0.25, -0.2) is 14.4 Å². The van der Waals surface area contributed by atoms with E-state index < -0.39 is 0 Å². The Balaban J connectivity index is 1.43. The predicted octanol–water partition coefficient (Wildman–Crippen LogP) is 6.75. The van der Waals surface area contributed by atoms with E-state index in [9.17, 15) is 9.18 Å². The summed E-state index contributed by atoms with van der Waals surface area (Å²) in [6.45, 7) is 3.16. The van der Waals surface area contributed by atoms with Crippen LogP contribution in [0.5, 0.6) is 0 Å². The summed E-state index contributed by atoms with van der Waals surface area (Å²) >= 11 is 0. The topological polar surface area (TPSA) is 58.1 Å². The van der Waals surface area contributed by atoms with Crippen molar-refractivity contribution in [3.63, 3.8) is 0 Å². The predicted molar refractivity (Wildman–Crippen MR) is 155 cm³/mol. The van der Waals surface area contributed by atoms with E-state index in [-0.39, 0.29) is 17.8 Å². The Morgan fingerprint density at radius 2 is 1.49 bits per heavy atom. The molecule has 39 heavy (non-hydrogen) atoms. The van der Waals surface area contributed by atoms with Crippen molar-refractivity contribution in [3.05, 3.63) is 126 Å². The number of amides is 1. The normalized spacial score (nSPS) is 11.7. The molecule has 0 aliphatic carbocycles. The van der Waals surface area contributed by atoms with Crippen LogP contribution in [0, 0.1) is 5.82 Å². The molecule has 1 heterocycles. The molecule has 1 N–H and O–H groups in total. The van der Waals surface area contributed by atoms with Gasteiger partial charge in [-0.1, -0.05) is 72.8 Å². The molecular formula is C33H31FN4O. The van der Waals surface area contributed by atoms with E-state index >= 15 is 0 Å². The first-order chi connectivity index (χ1) is 19.1. The minimum atomic E-state index is -0.306. The lowest BCUT2D eigenvalue weighted by Crippen LogP contribution is -2.34. The first kappa shape index (κ1) is 26.0. The average Bonchev–Trinajstić information content (AvgIpc) is 2.98. The highest BCUT2D eigenvalue weighted by molar-refractivity contribution is 5.91. The van der Waals surface area contributed by atoms with Crippen molar-refractivity contribution < 1.29 is 9.18 Å². The van der Waals surface area contributed by atoms with Gasteiger partial charge in [-0.3, -0.25) is 4.79 Å². The molecule has 0 bridgehead atoms. The largest absolute Gasteiger partial charge is 0.355 e. The van der Waals surface area contributed by atoms with Gasteiger partial charge in [0.15, 0.2) is 5.82 Å². The maximum absolute atomic E-state index is 13.6. The molecule has 0 saturated carbocycles. The van der Waals surface area contributed by atoms with Gasteiger partial charge in [0.2, 0.25) is 5.91 Å². The Morgan fingerprint density at radius 3 is 2.23 bits per heavy atom. The Kier molecular flexibility index (Phi) is 8.22. The minimum Gasteiger partial charge on any atom is -0.355 e. The number of carbonyl (C=O) groups excluding carboxylic acids is 1. The SMILES string of the molecule is C[C@@H](NC(=O)CCN(CCc1ccccc1)c1nc(-c2ccc(F)cc2)nc2ccccc12)c1ccccc1. The van der Waals surface area contributed by atoms with Crippen LogP contribution in [0.4, 0.5) is 10.2 Å². The van der Waals surface area contributed by atoms with Crippen LogP contribution in [0.25, 0.3) is 22.3 Å². The van der Waals surface area contributed by atoms with Crippen LogP contribution >= 0.6 is 0 Å². The number of para-hydroxylation sites is 1. The van der Waals surface area contributed by atoms with E-state index in [0.29, 0.717) is 25.3 Å². The maximum atomic E-state index is 13.6. The summed E-state index contributed by atoms with van der Waals surface area (Å²) < 4.78 is 13.6. The molecule has 0 spiro atoms. The molecule has 0 aliphatic rings. The lowest BCUT2D eigenvalue weighted by Gasteiger charge is -2.26. The molecule has 0 fully saturated rings. The minimum absolute atomic E-state index is 0.0202. The zero-order valence-electron chi connectivity index (χ0n) is 21.9. The molecule has 0 saturated heterocycles. The highest BCUT2D eigenvalue weighted by Gasteiger charge is 2.18. The fourth-order valence-electron chi connectivity index (χ4n) is 4.64. The lowest BCUT2D eigenvalue weighted by molar-refractivity contribution is -0.121. The van der Waals surface area contributed by atoms with Crippen molar-refractivity contribution >= 4 is 22.6 Å². The number of rotatable bonds is 10. The van der Waals surface area contributed by atoms with Crippen molar-refractivity contribution in [1.82, 2.24) is 15.3 Å². The molecule has 5 nitrogen and oxygen atoms in total. The molecule has 1 amide bonds. The zero-order chi connectivity index (χ0) is 27.0. The number of carbonyl (C=O) groups is 1. The quantitative estimate of drug-likeness (QED) is 0.222. The van der Waals surface area contributed by atoms with Crippen molar-refractivity contribution in [1.29, 1.82) is 0 Å². The fraction of sp³-hybridized carbons (Fsp3) is 0.182. The number of halogens is 1. The van der Waals surface area contributed by atoms with E-state index in [4.69, 9.17) is 9.97 Å². The molecule has 5 aromatic rings. The van der Waals surface area contributed by atoms with E-state index in [1.54, 1.807) is 12.1 Å². The number of anilines is 1. The highest BCUT2D eigenvalue weighted by Crippen LogP contribution is 2.28. The van der Waals surface area contributed by atoms with Crippen molar-refractivity contribution in [3.8, 4) is 11.4 Å². The summed E-state index contributed by atoms with van der Waals surface area (Å²) in [7, 11) is 0. The third-order valence-corrected chi connectivity index (χ3v) is 6.78. The number of hydrogen-bond donors (Lipinski definition) is 1. The summed E-state index contributed by atoms with van der Waals surface area (Å²) in [6.07, 6.45) is 1.11. The Labute approximate surface area is 228 Å². The average molecular weight is 519 g/mol. The zero-order valence-corrected chi connectivity index (χ0v) is 21.9. The standard InChI is InChI=1S/C33H31FN4O/c1-24(26-12-6-3-7-13-26)35-31(39)21-23-38(22-20-25-10-4-2-5-11-25)33-29-14-8-9-15-30(29)36-32(37-33)27-16-18-28(34)19-17-27/h2-19,24H,20-23H2,1H3,(H,35,39)/t24-/m1/s1. The van der Waals surface area contributed by atoms with Crippen LogP contribution < -0.4 is 10.2 Å². The van der Waals surface area contributed by atoms with Crippen LogP contribution in [0.1, 0.15) is 30.5 Å². The number of hydrogen-bond acceptors (Lipinski definition) is 4. The monoisotopic (exact) mass is 518 g/mol. The van der Waals surface area contributed by atoms with E-state index in [1.807, 2.05) is 79.7 Å². The van der Waals surface area contributed by atoms with Crippen LogP contribution in [0.15, 0.2) is 109 Å². The van der Waals surface area contributed by atoms with Crippen LogP contribution in [0.3, 0.4) is 0 Å². The molecule has 196 valence electrons. The van der Waals surface area contributed by atoms with Gasteiger partial charge in [0, 0.05) is 30.5 Å². The number of nitrogens with one attached hydrogen (secondary N) is 1. The Morgan fingerprint density at radius 1 is 0.821 bits per heavy atom. The number of fused-ring (bicyclic) bond motifs is 1. The Hall–Kier alpha value is -4.58. The summed E-state index contributed by atoms with van der Waals surface area (Å²) in [6, 6.07) is 34.2. The van der Waals surface area contributed by atoms with E-state index in [0.717, 1.165) is 34.3 Å². The van der Waals surface area contributed by atoms with Gasteiger partial charge in [0.1, 0.15) is 11.6 Å². The molecule has 0 aliphatic heterocycles. The first-order valence-electron chi connectivity index (χ1n) is 13.2. The maximum Gasteiger partial charge on any atom is 0.222 e. The van der Waals surface area contributed by atoms with Crippen molar-refractivity contribution in [2.24, 2.45) is 0 Å². The summed E-state index contributed by atoms with van der Waals surface area (Å²) in [5.41, 5.74) is 3.81. The molecular weight excluding hydrogens is 487 g/mol. The second-order valence-corrected chi connectivity index (χ2v) is 9.57. The molecule has 1 atom stereocenters. The van der Waals surface area contributed by atoms with Gasteiger partial charge in [-0.2, -0.15) is 0 Å². The van der Waals surface area contributed by atoms with Crippen molar-refractivity contribution in [2.45, 2.75) is 25.8 Å². The Bertz CT molecular complexity index is 1520. The third-order valence-electron chi connectivity index (χ3n) is 6.78. The van der Waals surface area contributed by atoms with Gasteiger partial charge >= 0.3 is 0 Å². The molecule has 0 unspecified atom stereocenters. The summed E-state index contributed by atoms with van der Waals surface area (Å²) in [4.78, 5) is 24.9. The third kappa shape index (κ3) is 6.65. The number of nitrogens with zero attached hydrogens (tertiary/aromatic N) is 3. The van der Waals surface area contributed by atoms with Crippen LogP contribution in [-0.4, -0.2) is 29.0 Å². The molecule has 5 rings (SSSR count). The summed E-state index contributed by atoms with van der Waals surface area (Å²) in [5.74, 6) is 0.962. The van der Waals surface area contributed by atoms with Crippen LogP contribution in [-0.2, 0) is 11.2 Å². The van der Waals surface area contributed by atoms with Gasteiger partial charge in [-0.05, 0) is 60.9 Å². The first-order valence-corrected chi connectivity index (χ1v) is 13.2. The van der Waals surface area contributed by atoms with Gasteiger partial charge in [-0.15, -0.1) is 0 Å². The highest BCUT2D eigenvalue weighted by atomic mass is 19.1. The second-order valence-electron chi connectivity index (χ2n) is 9.57. The van der Waals surface area contributed by atoms with E-state index in [1.165, 1.54) is 17.7 Å². The molecule has 4 aromatic carbocycles. The number of benzene rings is 4. The van der Waals surface area contributed by atoms with Crippen LogP contribution in [0.2, 0.25) is 0 Å². The van der Waals surface area contributed by atoms with Gasteiger partial charge < -0.3 is 10.2 Å². The summed E-state index contributed by atoms with van der Waals surface area (Å²) in [5, 5.41) is 4.03. The van der Waals surface area contributed by atoms with E-state index in [2.05, 4.69) is 22.3 Å². The lowest BCUT2D eigenvalue weighted by atomic mass is 10.1. The van der Waals surface area contributed by atoms with Gasteiger partial charge in [0.05, 0.1) is 11.6 Å². The second kappa shape index (κ2) is 12.3. The molecule has 1 aromatic heterocycles.